The summed E-state index contributed by atoms with van der Waals surface area (Å²) in [5.41, 5.74) is -5.50. The van der Waals surface area contributed by atoms with Crippen molar-refractivity contribution in [2.45, 2.75) is 24.9 Å². The van der Waals surface area contributed by atoms with Gasteiger partial charge in [-0.15, -0.1) is 0 Å². The Hall–Kier alpha value is -2.14. The van der Waals surface area contributed by atoms with Gasteiger partial charge in [0.25, 0.3) is 5.91 Å². The number of carbonyl (C=O) groups is 1. The van der Waals surface area contributed by atoms with Gasteiger partial charge in [0.1, 0.15) is 5.76 Å². The fourth-order valence-electron chi connectivity index (χ4n) is 2.00. The number of hydrogen-bond donors (Lipinski definition) is 2. The molecule has 0 bridgehead atoms. The smallest absolute Gasteiger partial charge is 0.360 e. The van der Waals surface area contributed by atoms with Gasteiger partial charge in [0, 0.05) is 11.1 Å². The van der Waals surface area contributed by atoms with Gasteiger partial charge in [-0.2, -0.15) is 26.3 Å². The number of halogens is 8. The van der Waals surface area contributed by atoms with Crippen molar-refractivity contribution in [3.63, 3.8) is 0 Å². The number of carbonyl (C=O) groups excluding carboxylic acids is 1. The quantitative estimate of drug-likeness (QED) is 0.526. The molecule has 2 rings (SSSR count). The van der Waals surface area contributed by atoms with E-state index in [2.05, 4.69) is 9.68 Å². The first kappa shape index (κ1) is 21.2. The topological polar surface area (TPSA) is 67.2 Å². The van der Waals surface area contributed by atoms with Gasteiger partial charge in [-0.3, -0.25) is 4.79 Å². The van der Waals surface area contributed by atoms with Gasteiger partial charge >= 0.3 is 18.0 Å². The number of amides is 1. The number of aryl methyl sites for hydroxylation is 1. The Kier molecular flexibility index (Phi) is 5.58. The van der Waals surface area contributed by atoms with Gasteiger partial charge in [-0.1, -0.05) is 28.4 Å². The molecule has 148 valence electrons. The first-order valence-electron chi connectivity index (χ1n) is 6.89. The van der Waals surface area contributed by atoms with Crippen molar-refractivity contribution in [1.29, 1.82) is 0 Å². The summed E-state index contributed by atoms with van der Waals surface area (Å²) in [4.78, 5) is 12.2. The average Bonchev–Trinajstić information content (AvgIpc) is 2.89. The maximum Gasteiger partial charge on any atom is 0.439 e. The molecule has 0 aliphatic carbocycles. The highest BCUT2D eigenvalue weighted by molar-refractivity contribution is 6.36. The van der Waals surface area contributed by atoms with Crippen LogP contribution in [-0.4, -0.2) is 29.1 Å². The molecule has 0 unspecified atom stereocenters. The first-order chi connectivity index (χ1) is 12.3. The largest absolute Gasteiger partial charge is 0.439 e. The van der Waals surface area contributed by atoms with E-state index in [4.69, 9.17) is 23.2 Å². The number of nitrogens with one attached hydrogen (secondary N) is 2. The number of alkyl halides is 6. The second-order valence-corrected chi connectivity index (χ2v) is 6.12. The lowest BCUT2D eigenvalue weighted by Crippen LogP contribution is -2.72. The molecule has 0 aliphatic rings. The maximum atomic E-state index is 13.5. The second-order valence-electron chi connectivity index (χ2n) is 5.27. The molecule has 1 amide bonds. The van der Waals surface area contributed by atoms with Gasteiger partial charge in [-0.25, -0.2) is 0 Å². The Morgan fingerprint density at radius 1 is 1.07 bits per heavy atom. The fourth-order valence-corrected chi connectivity index (χ4v) is 2.50. The van der Waals surface area contributed by atoms with Crippen LogP contribution in [0, 0.1) is 6.92 Å². The minimum atomic E-state index is -6.01. The maximum absolute atomic E-state index is 13.5. The predicted molar refractivity (Wildman–Crippen MR) is 83.6 cm³/mol. The van der Waals surface area contributed by atoms with Crippen LogP contribution in [0.15, 0.2) is 28.8 Å². The monoisotopic (exact) mass is 435 g/mol. The van der Waals surface area contributed by atoms with Gasteiger partial charge in [0.2, 0.25) is 0 Å². The Balaban J connectivity index is 2.52. The summed E-state index contributed by atoms with van der Waals surface area (Å²) in [6.07, 6.45) is -12.0. The number of benzene rings is 1. The fraction of sp³-hybridized carbons (Fsp3) is 0.286. The first-order valence-corrected chi connectivity index (χ1v) is 7.65. The van der Waals surface area contributed by atoms with Crippen molar-refractivity contribution < 1.29 is 35.7 Å². The molecule has 1 heterocycles. The highest BCUT2D eigenvalue weighted by Crippen LogP contribution is 2.43. The van der Waals surface area contributed by atoms with Crippen molar-refractivity contribution in [1.82, 2.24) is 10.5 Å². The molecule has 0 spiro atoms. The Labute approximate surface area is 157 Å². The lowest BCUT2D eigenvalue weighted by Gasteiger charge is -2.38. The summed E-state index contributed by atoms with van der Waals surface area (Å²) >= 11 is 11.3. The standard InChI is InChI=1S/C14H9Cl2F6N3O2/c1-6-4-10(25-27-6)23-12(13(17,18)19,14(20,21)22)24-11(26)8-3-2-7(15)5-9(8)16/h2-5H,1H3,(H,23,25)(H,24,26). The van der Waals surface area contributed by atoms with Crippen molar-refractivity contribution in [3.05, 3.63) is 45.6 Å². The van der Waals surface area contributed by atoms with Crippen LogP contribution in [0.3, 0.4) is 0 Å². The van der Waals surface area contributed by atoms with Crippen molar-refractivity contribution in [2.24, 2.45) is 0 Å². The zero-order chi connectivity index (χ0) is 20.6. The molecule has 13 heteroatoms. The summed E-state index contributed by atoms with van der Waals surface area (Å²) < 4.78 is 85.4. The molecule has 0 aliphatic heterocycles. The molecule has 0 saturated carbocycles. The molecule has 2 aromatic rings. The van der Waals surface area contributed by atoms with E-state index in [0.29, 0.717) is 0 Å². The zero-order valence-electron chi connectivity index (χ0n) is 13.1. The Bertz CT molecular complexity index is 836. The lowest BCUT2D eigenvalue weighted by molar-refractivity contribution is -0.294. The van der Waals surface area contributed by atoms with Crippen LogP contribution in [0.25, 0.3) is 0 Å². The normalized spacial score (nSPS) is 12.8. The summed E-state index contributed by atoms with van der Waals surface area (Å²) in [7, 11) is 0. The SMILES string of the molecule is Cc1cc(NC(NC(=O)c2ccc(Cl)cc2Cl)(C(F)(F)F)C(F)(F)F)no1. The zero-order valence-corrected chi connectivity index (χ0v) is 14.6. The molecule has 2 N–H and O–H groups in total. The van der Waals surface area contributed by atoms with E-state index >= 15 is 0 Å². The number of anilines is 1. The van der Waals surface area contributed by atoms with Crippen LogP contribution >= 0.6 is 23.2 Å². The second kappa shape index (κ2) is 7.12. The van der Waals surface area contributed by atoms with Gasteiger partial charge < -0.3 is 15.2 Å². The van der Waals surface area contributed by atoms with E-state index in [0.717, 1.165) is 29.6 Å². The van der Waals surface area contributed by atoms with Gasteiger partial charge in [-0.05, 0) is 25.1 Å². The molecule has 0 fully saturated rings. The summed E-state index contributed by atoms with van der Waals surface area (Å²) in [5.74, 6) is -2.67. The molecule has 1 aromatic heterocycles. The van der Waals surface area contributed by atoms with Crippen LogP contribution in [0.1, 0.15) is 16.1 Å². The minimum Gasteiger partial charge on any atom is -0.360 e. The van der Waals surface area contributed by atoms with Gasteiger partial charge in [0.15, 0.2) is 5.82 Å². The van der Waals surface area contributed by atoms with Crippen molar-refractivity contribution in [2.75, 3.05) is 5.32 Å². The third-order valence-corrected chi connectivity index (χ3v) is 3.82. The molecular formula is C14H9Cl2F6N3O2. The number of aromatic nitrogens is 1. The number of nitrogens with zero attached hydrogens (tertiary/aromatic N) is 1. The summed E-state index contributed by atoms with van der Waals surface area (Å²) in [6.45, 7) is 1.26. The van der Waals surface area contributed by atoms with Crippen LogP contribution in [0.5, 0.6) is 0 Å². The van der Waals surface area contributed by atoms with E-state index in [1.807, 2.05) is 0 Å². The molecule has 0 atom stereocenters. The predicted octanol–water partition coefficient (Wildman–Crippen LogP) is 4.95. The van der Waals surface area contributed by atoms with Crippen molar-refractivity contribution >= 4 is 34.9 Å². The van der Waals surface area contributed by atoms with E-state index in [1.54, 1.807) is 0 Å². The molecule has 5 nitrogen and oxygen atoms in total. The van der Waals surface area contributed by atoms with E-state index < -0.39 is 40.3 Å². The van der Waals surface area contributed by atoms with E-state index in [1.165, 1.54) is 12.2 Å². The summed E-state index contributed by atoms with van der Waals surface area (Å²) in [5, 5.41) is 4.76. The van der Waals surface area contributed by atoms with E-state index in [-0.39, 0.29) is 10.8 Å². The average molecular weight is 436 g/mol. The highest BCUT2D eigenvalue weighted by atomic mass is 35.5. The van der Waals surface area contributed by atoms with Crippen LogP contribution < -0.4 is 10.6 Å². The van der Waals surface area contributed by atoms with Crippen LogP contribution in [-0.2, 0) is 0 Å². The van der Waals surface area contributed by atoms with Crippen molar-refractivity contribution in [3.8, 4) is 0 Å². The third kappa shape index (κ3) is 4.24. The summed E-state index contributed by atoms with van der Waals surface area (Å²) in [6, 6.07) is 3.76. The Morgan fingerprint density at radius 2 is 1.67 bits per heavy atom. The number of hydrogen-bond acceptors (Lipinski definition) is 4. The molecular weight excluding hydrogens is 427 g/mol. The minimum absolute atomic E-state index is 0.0330. The lowest BCUT2D eigenvalue weighted by atomic mass is 10.1. The van der Waals surface area contributed by atoms with Crippen LogP contribution in [0.4, 0.5) is 32.2 Å². The molecule has 0 radical (unpaired) electrons. The Morgan fingerprint density at radius 3 is 2.11 bits per heavy atom. The van der Waals surface area contributed by atoms with Gasteiger partial charge in [0.05, 0.1) is 10.6 Å². The van der Waals surface area contributed by atoms with Crippen LogP contribution in [0.2, 0.25) is 10.0 Å². The molecule has 0 saturated heterocycles. The molecule has 27 heavy (non-hydrogen) atoms. The van der Waals surface area contributed by atoms with E-state index in [9.17, 15) is 31.1 Å². The third-order valence-electron chi connectivity index (χ3n) is 3.27. The number of rotatable bonds is 4. The molecule has 1 aromatic carbocycles. The highest BCUT2D eigenvalue weighted by Gasteiger charge is 2.73.